The Morgan fingerprint density at radius 1 is 1.30 bits per heavy atom. The van der Waals surface area contributed by atoms with E-state index in [-0.39, 0.29) is 17.9 Å². The standard InChI is InChI=1S/C16H25N5O2/c1-12-8-18-20(9-12)11-14-5-3-7-21(14)15(22)13-4-2-6-19(10-13)16(17)23/h8-9,13-14H,2-7,10-11H2,1H3,(H2,17,23)/t13-,14+/m0/s1. The van der Waals surface area contributed by atoms with Crippen LogP contribution >= 0.6 is 0 Å². The van der Waals surface area contributed by atoms with Gasteiger partial charge in [0.25, 0.3) is 0 Å². The molecule has 1 aromatic rings. The monoisotopic (exact) mass is 319 g/mol. The van der Waals surface area contributed by atoms with Crippen LogP contribution in [0.15, 0.2) is 12.4 Å². The highest BCUT2D eigenvalue weighted by Crippen LogP contribution is 2.25. The summed E-state index contributed by atoms with van der Waals surface area (Å²) in [5.41, 5.74) is 6.50. The number of carbonyl (C=O) groups excluding carboxylic acids is 2. The van der Waals surface area contributed by atoms with Crippen LogP contribution < -0.4 is 5.73 Å². The molecule has 2 aliphatic heterocycles. The molecule has 2 saturated heterocycles. The van der Waals surface area contributed by atoms with Crippen molar-refractivity contribution in [3.63, 3.8) is 0 Å². The minimum absolute atomic E-state index is 0.115. The van der Waals surface area contributed by atoms with E-state index >= 15 is 0 Å². The number of rotatable bonds is 3. The summed E-state index contributed by atoms with van der Waals surface area (Å²) in [4.78, 5) is 27.8. The van der Waals surface area contributed by atoms with Crippen LogP contribution in [0, 0.1) is 12.8 Å². The molecule has 0 aliphatic carbocycles. The third-order valence-corrected chi connectivity index (χ3v) is 4.90. The maximum atomic E-state index is 12.9. The zero-order valence-electron chi connectivity index (χ0n) is 13.6. The molecule has 3 heterocycles. The van der Waals surface area contributed by atoms with E-state index in [1.165, 1.54) is 0 Å². The molecule has 2 aliphatic rings. The Hall–Kier alpha value is -2.05. The molecule has 7 nitrogen and oxygen atoms in total. The van der Waals surface area contributed by atoms with Crippen LogP contribution in [0.2, 0.25) is 0 Å². The van der Waals surface area contributed by atoms with Crippen molar-refractivity contribution in [1.29, 1.82) is 0 Å². The largest absolute Gasteiger partial charge is 0.351 e. The topological polar surface area (TPSA) is 84.5 Å². The summed E-state index contributed by atoms with van der Waals surface area (Å²) in [5.74, 6) is 0.0542. The van der Waals surface area contributed by atoms with Gasteiger partial charge in [0.1, 0.15) is 0 Å². The molecule has 0 unspecified atom stereocenters. The predicted molar refractivity (Wildman–Crippen MR) is 85.6 cm³/mol. The van der Waals surface area contributed by atoms with Crippen LogP contribution in [0.4, 0.5) is 4.79 Å². The number of hydrogen-bond acceptors (Lipinski definition) is 3. The highest BCUT2D eigenvalue weighted by Gasteiger charge is 2.35. The van der Waals surface area contributed by atoms with E-state index in [0.717, 1.165) is 44.3 Å². The molecule has 1 aromatic heterocycles. The van der Waals surface area contributed by atoms with E-state index < -0.39 is 6.03 Å². The molecule has 0 spiro atoms. The van der Waals surface area contributed by atoms with Gasteiger partial charge >= 0.3 is 6.03 Å². The first kappa shape index (κ1) is 15.8. The van der Waals surface area contributed by atoms with Gasteiger partial charge in [0.2, 0.25) is 5.91 Å². The molecule has 0 radical (unpaired) electrons. The fourth-order valence-electron chi connectivity index (χ4n) is 3.71. The molecule has 2 N–H and O–H groups in total. The summed E-state index contributed by atoms with van der Waals surface area (Å²) in [7, 11) is 0. The lowest BCUT2D eigenvalue weighted by atomic mass is 9.96. The van der Waals surface area contributed by atoms with Gasteiger partial charge < -0.3 is 15.5 Å². The number of urea groups is 1. The van der Waals surface area contributed by atoms with E-state index in [1.54, 1.807) is 4.90 Å². The number of piperidine rings is 1. The lowest BCUT2D eigenvalue weighted by Gasteiger charge is -2.34. The van der Waals surface area contributed by atoms with Crippen molar-refractivity contribution in [2.75, 3.05) is 19.6 Å². The van der Waals surface area contributed by atoms with Gasteiger partial charge in [-0.2, -0.15) is 5.10 Å². The van der Waals surface area contributed by atoms with E-state index in [0.29, 0.717) is 13.1 Å². The Morgan fingerprint density at radius 2 is 2.09 bits per heavy atom. The number of nitrogens with two attached hydrogens (primary N) is 1. The molecular formula is C16H25N5O2. The number of aryl methyl sites for hydroxylation is 1. The minimum atomic E-state index is -0.424. The molecule has 23 heavy (non-hydrogen) atoms. The van der Waals surface area contributed by atoms with E-state index in [2.05, 4.69) is 5.10 Å². The Bertz CT molecular complexity index is 585. The molecular weight excluding hydrogens is 294 g/mol. The first-order valence-corrected chi connectivity index (χ1v) is 8.38. The van der Waals surface area contributed by atoms with E-state index in [9.17, 15) is 9.59 Å². The van der Waals surface area contributed by atoms with Gasteiger partial charge in [-0.3, -0.25) is 9.48 Å². The molecule has 0 aromatic carbocycles. The van der Waals surface area contributed by atoms with Crippen LogP contribution in [-0.4, -0.2) is 57.2 Å². The lowest BCUT2D eigenvalue weighted by molar-refractivity contribution is -0.138. The molecule has 0 saturated carbocycles. The molecule has 7 heteroatoms. The molecule has 3 rings (SSSR count). The van der Waals surface area contributed by atoms with Crippen molar-refractivity contribution >= 4 is 11.9 Å². The zero-order valence-corrected chi connectivity index (χ0v) is 13.6. The fourth-order valence-corrected chi connectivity index (χ4v) is 3.71. The zero-order chi connectivity index (χ0) is 16.4. The molecule has 2 fully saturated rings. The van der Waals surface area contributed by atoms with Crippen LogP contribution in [0.5, 0.6) is 0 Å². The third kappa shape index (κ3) is 3.48. The summed E-state index contributed by atoms with van der Waals surface area (Å²) in [6.45, 7) is 4.68. The van der Waals surface area contributed by atoms with Gasteiger partial charge in [-0.1, -0.05) is 0 Å². The molecule has 126 valence electrons. The van der Waals surface area contributed by atoms with Crippen LogP contribution in [0.3, 0.4) is 0 Å². The van der Waals surface area contributed by atoms with Crippen molar-refractivity contribution in [2.24, 2.45) is 11.7 Å². The number of amides is 3. The fraction of sp³-hybridized carbons (Fsp3) is 0.688. The van der Waals surface area contributed by atoms with Gasteiger partial charge in [0.15, 0.2) is 0 Å². The van der Waals surface area contributed by atoms with Crippen molar-refractivity contribution in [2.45, 2.75) is 45.2 Å². The Balaban J connectivity index is 1.64. The maximum Gasteiger partial charge on any atom is 0.314 e. The Labute approximate surface area is 136 Å². The minimum Gasteiger partial charge on any atom is -0.351 e. The second-order valence-corrected chi connectivity index (χ2v) is 6.69. The highest BCUT2D eigenvalue weighted by atomic mass is 16.2. The van der Waals surface area contributed by atoms with Gasteiger partial charge in [-0.15, -0.1) is 0 Å². The summed E-state index contributed by atoms with van der Waals surface area (Å²) in [6, 6.07) is -0.224. The maximum absolute atomic E-state index is 12.9. The summed E-state index contributed by atoms with van der Waals surface area (Å²) in [6.07, 6.45) is 7.58. The van der Waals surface area contributed by atoms with Crippen LogP contribution in [-0.2, 0) is 11.3 Å². The van der Waals surface area contributed by atoms with Gasteiger partial charge in [0.05, 0.1) is 24.7 Å². The first-order chi connectivity index (χ1) is 11.0. The summed E-state index contributed by atoms with van der Waals surface area (Å²) in [5, 5.41) is 4.33. The number of primary amides is 1. The quantitative estimate of drug-likeness (QED) is 0.901. The number of nitrogens with zero attached hydrogens (tertiary/aromatic N) is 4. The van der Waals surface area contributed by atoms with E-state index in [4.69, 9.17) is 5.73 Å². The van der Waals surface area contributed by atoms with Crippen molar-refractivity contribution in [1.82, 2.24) is 19.6 Å². The normalized spacial score (nSPS) is 24.9. The van der Waals surface area contributed by atoms with Crippen molar-refractivity contribution in [3.05, 3.63) is 18.0 Å². The smallest absolute Gasteiger partial charge is 0.314 e. The average Bonchev–Trinajstić information content (AvgIpc) is 3.16. The molecule has 3 amide bonds. The third-order valence-electron chi connectivity index (χ3n) is 4.90. The lowest BCUT2D eigenvalue weighted by Crippen LogP contribution is -2.49. The number of carbonyl (C=O) groups is 2. The van der Waals surface area contributed by atoms with Gasteiger partial charge in [-0.25, -0.2) is 4.79 Å². The van der Waals surface area contributed by atoms with Gasteiger partial charge in [0, 0.05) is 25.8 Å². The summed E-state index contributed by atoms with van der Waals surface area (Å²) >= 11 is 0. The SMILES string of the molecule is Cc1cnn(C[C@H]2CCCN2C(=O)[C@H]2CCCN(C(N)=O)C2)c1. The number of hydrogen-bond donors (Lipinski definition) is 1. The number of likely N-dealkylation sites (tertiary alicyclic amines) is 2. The second kappa shape index (κ2) is 6.60. The Morgan fingerprint density at radius 3 is 2.78 bits per heavy atom. The average molecular weight is 319 g/mol. The van der Waals surface area contributed by atoms with E-state index in [1.807, 2.05) is 28.9 Å². The first-order valence-electron chi connectivity index (χ1n) is 8.38. The number of aromatic nitrogens is 2. The molecule has 2 atom stereocenters. The van der Waals surface area contributed by atoms with Gasteiger partial charge in [-0.05, 0) is 38.2 Å². The van der Waals surface area contributed by atoms with Crippen LogP contribution in [0.1, 0.15) is 31.2 Å². The second-order valence-electron chi connectivity index (χ2n) is 6.69. The summed E-state index contributed by atoms with van der Waals surface area (Å²) < 4.78 is 1.92. The Kier molecular flexibility index (Phi) is 4.54. The molecule has 0 bridgehead atoms. The highest BCUT2D eigenvalue weighted by molar-refractivity contribution is 5.81. The predicted octanol–water partition coefficient (Wildman–Crippen LogP) is 0.973. The van der Waals surface area contributed by atoms with Crippen LogP contribution in [0.25, 0.3) is 0 Å². The van der Waals surface area contributed by atoms with Crippen molar-refractivity contribution in [3.8, 4) is 0 Å². The van der Waals surface area contributed by atoms with Crippen molar-refractivity contribution < 1.29 is 9.59 Å².